The maximum Gasteiger partial charge on any atom is 0.325 e. The number of nitrogens with one attached hydrogen (secondary N) is 1. The minimum absolute atomic E-state index is 0.419. The van der Waals surface area contributed by atoms with E-state index in [-0.39, 0.29) is 0 Å². The zero-order valence-electron chi connectivity index (χ0n) is 18.3. The number of hydrogen-bond acceptors (Lipinski definition) is 5. The Morgan fingerprint density at radius 2 is 1.85 bits per heavy atom. The van der Waals surface area contributed by atoms with Gasteiger partial charge in [0.15, 0.2) is 0 Å². The molecule has 0 saturated carbocycles. The molecule has 9 heteroatoms. The second-order valence-electron chi connectivity index (χ2n) is 8.34. The zero-order valence-corrected chi connectivity index (χ0v) is 19.0. The molecule has 1 N–H and O–H groups in total. The SMILES string of the molecule is C[C@@]1(c2ccccc2)NC(=O)N(CC(=O)N2N=C(c3ccc(Cl)cc3)C[C@H]2c2ccco2)C1=O. The van der Waals surface area contributed by atoms with Crippen molar-refractivity contribution in [1.82, 2.24) is 15.2 Å². The van der Waals surface area contributed by atoms with Crippen LogP contribution < -0.4 is 5.32 Å². The molecule has 5 rings (SSSR count). The molecule has 2 aliphatic rings. The first kappa shape index (κ1) is 21.9. The monoisotopic (exact) mass is 476 g/mol. The highest BCUT2D eigenvalue weighted by atomic mass is 35.5. The number of urea groups is 1. The number of furan rings is 1. The van der Waals surface area contributed by atoms with Crippen molar-refractivity contribution < 1.29 is 18.8 Å². The Balaban J connectivity index is 1.41. The molecule has 2 aromatic carbocycles. The molecule has 34 heavy (non-hydrogen) atoms. The predicted octanol–water partition coefficient (Wildman–Crippen LogP) is 4.08. The van der Waals surface area contributed by atoms with Gasteiger partial charge in [-0.15, -0.1) is 0 Å². The third-order valence-electron chi connectivity index (χ3n) is 6.13. The summed E-state index contributed by atoms with van der Waals surface area (Å²) in [5.74, 6) is -0.425. The summed E-state index contributed by atoms with van der Waals surface area (Å²) in [6, 6.07) is 18.5. The first-order valence-corrected chi connectivity index (χ1v) is 11.1. The Bertz CT molecular complexity index is 1270. The van der Waals surface area contributed by atoms with Crippen LogP contribution >= 0.6 is 11.6 Å². The van der Waals surface area contributed by atoms with Crippen molar-refractivity contribution >= 4 is 35.2 Å². The van der Waals surface area contributed by atoms with Crippen molar-refractivity contribution in [3.8, 4) is 0 Å². The number of benzene rings is 2. The predicted molar refractivity (Wildman–Crippen MR) is 125 cm³/mol. The molecule has 3 aromatic rings. The Hall–Kier alpha value is -3.91. The van der Waals surface area contributed by atoms with Gasteiger partial charge < -0.3 is 9.73 Å². The molecule has 1 aromatic heterocycles. The number of nitrogens with zero attached hydrogens (tertiary/aromatic N) is 3. The molecule has 4 amide bonds. The molecular formula is C25H21ClN4O4. The molecule has 3 heterocycles. The van der Waals surface area contributed by atoms with E-state index in [1.165, 1.54) is 11.3 Å². The smallest absolute Gasteiger partial charge is 0.325 e. The molecule has 172 valence electrons. The van der Waals surface area contributed by atoms with E-state index >= 15 is 0 Å². The number of amides is 4. The van der Waals surface area contributed by atoms with Gasteiger partial charge >= 0.3 is 6.03 Å². The second kappa shape index (κ2) is 8.46. The Morgan fingerprint density at radius 1 is 1.12 bits per heavy atom. The number of carbonyl (C=O) groups is 3. The average Bonchev–Trinajstić information content (AvgIpc) is 3.56. The fraction of sp³-hybridized carbons (Fsp3) is 0.200. The normalized spacial score (nSPS) is 22.2. The lowest BCUT2D eigenvalue weighted by atomic mass is 9.92. The molecular weight excluding hydrogens is 456 g/mol. The molecule has 0 aliphatic carbocycles. The van der Waals surface area contributed by atoms with E-state index in [4.69, 9.17) is 16.0 Å². The largest absolute Gasteiger partial charge is 0.467 e. The Morgan fingerprint density at radius 3 is 2.53 bits per heavy atom. The Labute approximate surface area is 200 Å². The van der Waals surface area contributed by atoms with Crippen LogP contribution in [0.5, 0.6) is 0 Å². The number of rotatable bonds is 5. The topological polar surface area (TPSA) is 95.2 Å². The van der Waals surface area contributed by atoms with E-state index in [1.807, 2.05) is 18.2 Å². The first-order valence-electron chi connectivity index (χ1n) is 10.8. The first-order chi connectivity index (χ1) is 16.4. The number of hydrazone groups is 1. The summed E-state index contributed by atoms with van der Waals surface area (Å²) in [5.41, 5.74) is 0.892. The van der Waals surface area contributed by atoms with E-state index in [0.717, 1.165) is 10.5 Å². The van der Waals surface area contributed by atoms with Gasteiger partial charge in [-0.05, 0) is 42.3 Å². The molecule has 0 radical (unpaired) electrons. The Kier molecular flexibility index (Phi) is 5.45. The van der Waals surface area contributed by atoms with Crippen molar-refractivity contribution in [2.75, 3.05) is 6.54 Å². The third kappa shape index (κ3) is 3.76. The number of hydrogen-bond donors (Lipinski definition) is 1. The van der Waals surface area contributed by atoms with E-state index in [0.29, 0.717) is 28.5 Å². The highest BCUT2D eigenvalue weighted by Gasteiger charge is 2.50. The maximum absolute atomic E-state index is 13.4. The summed E-state index contributed by atoms with van der Waals surface area (Å²) in [6.45, 7) is 1.19. The summed E-state index contributed by atoms with van der Waals surface area (Å²) >= 11 is 6.00. The van der Waals surface area contributed by atoms with Gasteiger partial charge in [0.1, 0.15) is 23.9 Å². The lowest BCUT2D eigenvalue weighted by molar-refractivity contribution is -0.140. The van der Waals surface area contributed by atoms with Gasteiger partial charge in [0.05, 0.1) is 12.0 Å². The lowest BCUT2D eigenvalue weighted by Crippen LogP contribution is -2.43. The van der Waals surface area contributed by atoms with Crippen molar-refractivity contribution in [3.05, 3.63) is 94.9 Å². The van der Waals surface area contributed by atoms with Crippen LogP contribution in [0.2, 0.25) is 5.02 Å². The number of halogens is 1. The standard InChI is InChI=1S/C25H21ClN4O4/c1-25(17-6-3-2-4-7-17)23(32)29(24(33)27-25)15-22(31)30-20(21-8-5-13-34-21)14-19(28-30)16-9-11-18(26)12-10-16/h2-13,20H,14-15H2,1H3,(H,27,33)/t20-,25-/m0/s1. The molecule has 0 bridgehead atoms. The van der Waals surface area contributed by atoms with E-state index < -0.39 is 36.0 Å². The summed E-state index contributed by atoms with van der Waals surface area (Å²) in [4.78, 5) is 40.2. The fourth-order valence-corrected chi connectivity index (χ4v) is 4.40. The van der Waals surface area contributed by atoms with Crippen molar-refractivity contribution in [2.45, 2.75) is 24.9 Å². The van der Waals surface area contributed by atoms with E-state index in [1.54, 1.807) is 55.5 Å². The van der Waals surface area contributed by atoms with Gasteiger partial charge in [0, 0.05) is 11.4 Å². The minimum Gasteiger partial charge on any atom is -0.467 e. The van der Waals surface area contributed by atoms with Gasteiger partial charge in [-0.1, -0.05) is 54.1 Å². The molecule has 1 saturated heterocycles. The van der Waals surface area contributed by atoms with E-state index in [9.17, 15) is 14.4 Å². The minimum atomic E-state index is -1.25. The molecule has 0 spiro atoms. The summed E-state index contributed by atoms with van der Waals surface area (Å²) in [6.07, 6.45) is 1.95. The average molecular weight is 477 g/mol. The van der Waals surface area contributed by atoms with Crippen LogP contribution in [0.4, 0.5) is 4.79 Å². The van der Waals surface area contributed by atoms with Crippen LogP contribution in [0.1, 0.15) is 36.3 Å². The highest BCUT2D eigenvalue weighted by Crippen LogP contribution is 2.34. The molecule has 8 nitrogen and oxygen atoms in total. The number of carbonyl (C=O) groups excluding carboxylic acids is 3. The maximum atomic E-state index is 13.4. The highest BCUT2D eigenvalue weighted by molar-refractivity contribution is 6.30. The van der Waals surface area contributed by atoms with Crippen LogP contribution in [0.15, 0.2) is 82.5 Å². The van der Waals surface area contributed by atoms with Crippen LogP contribution in [-0.2, 0) is 15.1 Å². The van der Waals surface area contributed by atoms with Crippen molar-refractivity contribution in [2.24, 2.45) is 5.10 Å². The van der Waals surface area contributed by atoms with Gasteiger partial charge in [-0.2, -0.15) is 5.10 Å². The molecule has 0 unspecified atom stereocenters. The third-order valence-corrected chi connectivity index (χ3v) is 6.39. The van der Waals surface area contributed by atoms with Gasteiger partial charge in [-0.3, -0.25) is 14.5 Å². The van der Waals surface area contributed by atoms with Crippen molar-refractivity contribution in [1.29, 1.82) is 0 Å². The van der Waals surface area contributed by atoms with Gasteiger partial charge in [0.2, 0.25) is 0 Å². The lowest BCUT2D eigenvalue weighted by Gasteiger charge is -2.24. The van der Waals surface area contributed by atoms with Crippen LogP contribution in [0.25, 0.3) is 0 Å². The summed E-state index contributed by atoms with van der Waals surface area (Å²) < 4.78 is 5.56. The fourth-order valence-electron chi connectivity index (χ4n) is 4.28. The molecule has 2 aliphatic heterocycles. The van der Waals surface area contributed by atoms with Gasteiger partial charge in [0.25, 0.3) is 11.8 Å². The van der Waals surface area contributed by atoms with Crippen LogP contribution in [0, 0.1) is 0 Å². The molecule has 2 atom stereocenters. The van der Waals surface area contributed by atoms with Gasteiger partial charge in [-0.25, -0.2) is 9.80 Å². The van der Waals surface area contributed by atoms with Crippen LogP contribution in [-0.4, -0.2) is 40.0 Å². The van der Waals surface area contributed by atoms with Crippen LogP contribution in [0.3, 0.4) is 0 Å². The summed E-state index contributed by atoms with van der Waals surface area (Å²) in [7, 11) is 0. The van der Waals surface area contributed by atoms with Crippen molar-refractivity contribution in [3.63, 3.8) is 0 Å². The summed E-state index contributed by atoms with van der Waals surface area (Å²) in [5, 5.41) is 9.15. The van der Waals surface area contributed by atoms with E-state index in [2.05, 4.69) is 10.4 Å². The number of imide groups is 1. The quantitative estimate of drug-likeness (QED) is 0.561. The zero-order chi connectivity index (χ0) is 23.9. The second-order valence-corrected chi connectivity index (χ2v) is 8.78. The molecule has 1 fully saturated rings.